The molecule has 4 unspecified atom stereocenters. The first-order valence-electron chi connectivity index (χ1n) is 6.80. The van der Waals surface area contributed by atoms with Crippen molar-refractivity contribution in [2.75, 3.05) is 19.8 Å². The number of carbonyl (C=O) groups excluding carboxylic acids is 1. The minimum atomic E-state index is 0.137. The molecule has 2 saturated heterocycles. The van der Waals surface area contributed by atoms with Gasteiger partial charge in [-0.1, -0.05) is 6.92 Å². The van der Waals surface area contributed by atoms with Gasteiger partial charge in [-0.2, -0.15) is 0 Å². The van der Waals surface area contributed by atoms with Gasteiger partial charge < -0.3 is 15.4 Å². The first-order chi connectivity index (χ1) is 8.18. The standard InChI is InChI=1S/C13H24N2O2/c1-9-8-17-7-5-11(9)13(16)15-12-4-3-6-14-10(12)2/h9-12,14H,3-8H2,1-2H3,(H,15,16). The summed E-state index contributed by atoms with van der Waals surface area (Å²) in [5.74, 6) is 0.704. The molecule has 2 heterocycles. The van der Waals surface area contributed by atoms with Crippen LogP contribution in [-0.2, 0) is 9.53 Å². The Hall–Kier alpha value is -0.610. The summed E-state index contributed by atoms with van der Waals surface area (Å²) in [5, 5.41) is 6.62. The van der Waals surface area contributed by atoms with Gasteiger partial charge in [0.1, 0.15) is 0 Å². The highest BCUT2D eigenvalue weighted by atomic mass is 16.5. The third-order valence-corrected chi connectivity index (χ3v) is 4.07. The van der Waals surface area contributed by atoms with Crippen molar-refractivity contribution in [1.82, 2.24) is 10.6 Å². The zero-order valence-corrected chi connectivity index (χ0v) is 10.9. The summed E-state index contributed by atoms with van der Waals surface area (Å²) in [7, 11) is 0. The highest BCUT2D eigenvalue weighted by Crippen LogP contribution is 2.22. The van der Waals surface area contributed by atoms with E-state index in [4.69, 9.17) is 4.74 Å². The summed E-state index contributed by atoms with van der Waals surface area (Å²) in [4.78, 5) is 12.2. The molecule has 0 aromatic heterocycles. The van der Waals surface area contributed by atoms with E-state index in [-0.39, 0.29) is 11.8 Å². The van der Waals surface area contributed by atoms with Gasteiger partial charge in [0.2, 0.25) is 5.91 Å². The number of piperidine rings is 1. The van der Waals surface area contributed by atoms with Crippen molar-refractivity contribution in [2.45, 2.75) is 45.2 Å². The Morgan fingerprint density at radius 1 is 1.35 bits per heavy atom. The minimum absolute atomic E-state index is 0.137. The van der Waals surface area contributed by atoms with Crippen LogP contribution in [-0.4, -0.2) is 37.7 Å². The second-order valence-corrected chi connectivity index (χ2v) is 5.45. The number of rotatable bonds is 2. The highest BCUT2D eigenvalue weighted by molar-refractivity contribution is 5.79. The fourth-order valence-electron chi connectivity index (χ4n) is 2.80. The zero-order chi connectivity index (χ0) is 12.3. The largest absolute Gasteiger partial charge is 0.381 e. The maximum Gasteiger partial charge on any atom is 0.223 e. The van der Waals surface area contributed by atoms with E-state index in [0.29, 0.717) is 18.0 Å². The molecule has 0 aromatic carbocycles. The molecule has 2 N–H and O–H groups in total. The normalized spacial score (nSPS) is 38.7. The maximum absolute atomic E-state index is 12.2. The summed E-state index contributed by atoms with van der Waals surface area (Å²) in [6.45, 7) is 6.77. The van der Waals surface area contributed by atoms with Crippen LogP contribution in [0.3, 0.4) is 0 Å². The van der Waals surface area contributed by atoms with Gasteiger partial charge in [-0.25, -0.2) is 0 Å². The van der Waals surface area contributed by atoms with E-state index in [1.165, 1.54) is 0 Å². The van der Waals surface area contributed by atoms with E-state index in [1.807, 2.05) is 0 Å². The predicted molar refractivity (Wildman–Crippen MR) is 66.7 cm³/mol. The lowest BCUT2D eigenvalue weighted by Gasteiger charge is -2.34. The first-order valence-corrected chi connectivity index (χ1v) is 6.80. The molecule has 2 aliphatic rings. The fraction of sp³-hybridized carbons (Fsp3) is 0.923. The van der Waals surface area contributed by atoms with Gasteiger partial charge in [-0.05, 0) is 38.6 Å². The van der Waals surface area contributed by atoms with Crippen LogP contribution in [0, 0.1) is 11.8 Å². The zero-order valence-electron chi connectivity index (χ0n) is 10.9. The Morgan fingerprint density at radius 2 is 2.18 bits per heavy atom. The van der Waals surface area contributed by atoms with Gasteiger partial charge in [0.05, 0.1) is 0 Å². The van der Waals surface area contributed by atoms with E-state index < -0.39 is 0 Å². The fourth-order valence-corrected chi connectivity index (χ4v) is 2.80. The molecule has 4 atom stereocenters. The second kappa shape index (κ2) is 5.83. The summed E-state index contributed by atoms with van der Waals surface area (Å²) in [6, 6.07) is 0.689. The van der Waals surface area contributed by atoms with Crippen LogP contribution >= 0.6 is 0 Å². The van der Waals surface area contributed by atoms with Crippen LogP contribution < -0.4 is 10.6 Å². The lowest BCUT2D eigenvalue weighted by molar-refractivity contribution is -0.131. The van der Waals surface area contributed by atoms with Crippen molar-refractivity contribution in [2.24, 2.45) is 11.8 Å². The topological polar surface area (TPSA) is 50.4 Å². The molecule has 0 saturated carbocycles. The van der Waals surface area contributed by atoms with E-state index in [0.717, 1.165) is 39.0 Å². The van der Waals surface area contributed by atoms with Gasteiger partial charge in [0.25, 0.3) is 0 Å². The SMILES string of the molecule is CC1COCCC1C(=O)NC1CCCNC1C. The molecule has 0 aromatic rings. The molecular weight excluding hydrogens is 216 g/mol. The summed E-state index contributed by atoms with van der Waals surface area (Å²) in [6.07, 6.45) is 3.11. The predicted octanol–water partition coefficient (Wildman–Crippen LogP) is 0.916. The maximum atomic E-state index is 12.2. The molecular formula is C13H24N2O2. The Kier molecular flexibility index (Phi) is 4.40. The summed E-state index contributed by atoms with van der Waals surface area (Å²) in [5.41, 5.74) is 0. The van der Waals surface area contributed by atoms with Gasteiger partial charge in [-0.3, -0.25) is 4.79 Å². The number of carbonyl (C=O) groups is 1. The quantitative estimate of drug-likeness (QED) is 0.754. The van der Waals surface area contributed by atoms with Crippen molar-refractivity contribution < 1.29 is 9.53 Å². The Balaban J connectivity index is 1.86. The number of nitrogens with one attached hydrogen (secondary N) is 2. The Labute approximate surface area is 103 Å². The highest BCUT2D eigenvalue weighted by Gasteiger charge is 2.31. The van der Waals surface area contributed by atoms with Crippen LogP contribution in [0.4, 0.5) is 0 Å². The monoisotopic (exact) mass is 240 g/mol. The van der Waals surface area contributed by atoms with Crippen molar-refractivity contribution in [3.05, 3.63) is 0 Å². The molecule has 2 rings (SSSR count). The number of amides is 1. The molecule has 2 aliphatic heterocycles. The molecule has 4 heteroatoms. The molecule has 0 radical (unpaired) electrons. The van der Waals surface area contributed by atoms with E-state index >= 15 is 0 Å². The van der Waals surface area contributed by atoms with E-state index in [1.54, 1.807) is 0 Å². The lowest BCUT2D eigenvalue weighted by atomic mass is 9.88. The average molecular weight is 240 g/mol. The summed E-state index contributed by atoms with van der Waals surface area (Å²) >= 11 is 0. The summed E-state index contributed by atoms with van der Waals surface area (Å²) < 4.78 is 5.38. The molecule has 4 nitrogen and oxygen atoms in total. The number of hydrogen-bond donors (Lipinski definition) is 2. The molecule has 17 heavy (non-hydrogen) atoms. The Morgan fingerprint density at radius 3 is 2.88 bits per heavy atom. The van der Waals surface area contributed by atoms with Crippen LogP contribution in [0.15, 0.2) is 0 Å². The molecule has 0 aliphatic carbocycles. The molecule has 0 spiro atoms. The van der Waals surface area contributed by atoms with Crippen molar-refractivity contribution in [3.63, 3.8) is 0 Å². The van der Waals surface area contributed by atoms with Crippen LogP contribution in [0.25, 0.3) is 0 Å². The lowest BCUT2D eigenvalue weighted by Crippen LogP contribution is -2.54. The van der Waals surface area contributed by atoms with Gasteiger partial charge >= 0.3 is 0 Å². The van der Waals surface area contributed by atoms with E-state index in [9.17, 15) is 4.79 Å². The number of hydrogen-bond acceptors (Lipinski definition) is 3. The van der Waals surface area contributed by atoms with Crippen LogP contribution in [0.5, 0.6) is 0 Å². The first kappa shape index (κ1) is 12.8. The van der Waals surface area contributed by atoms with Crippen LogP contribution in [0.1, 0.15) is 33.1 Å². The van der Waals surface area contributed by atoms with Crippen LogP contribution in [0.2, 0.25) is 0 Å². The van der Waals surface area contributed by atoms with Crippen molar-refractivity contribution in [1.29, 1.82) is 0 Å². The third kappa shape index (κ3) is 3.19. The smallest absolute Gasteiger partial charge is 0.223 e. The third-order valence-electron chi connectivity index (χ3n) is 4.07. The van der Waals surface area contributed by atoms with Gasteiger partial charge in [0, 0.05) is 31.2 Å². The molecule has 98 valence electrons. The average Bonchev–Trinajstić information content (AvgIpc) is 2.32. The molecule has 2 fully saturated rings. The van der Waals surface area contributed by atoms with E-state index in [2.05, 4.69) is 24.5 Å². The van der Waals surface area contributed by atoms with Gasteiger partial charge in [0.15, 0.2) is 0 Å². The number of ether oxygens (including phenoxy) is 1. The second-order valence-electron chi connectivity index (χ2n) is 5.45. The van der Waals surface area contributed by atoms with Gasteiger partial charge in [-0.15, -0.1) is 0 Å². The minimum Gasteiger partial charge on any atom is -0.381 e. The van der Waals surface area contributed by atoms with Crippen molar-refractivity contribution in [3.8, 4) is 0 Å². The molecule has 1 amide bonds. The molecule has 0 bridgehead atoms. The van der Waals surface area contributed by atoms with Crippen molar-refractivity contribution >= 4 is 5.91 Å². The Bertz CT molecular complexity index is 270.